The summed E-state index contributed by atoms with van der Waals surface area (Å²) in [5.74, 6) is -0.946. The van der Waals surface area contributed by atoms with Crippen molar-refractivity contribution >= 4 is 28.7 Å². The number of imidazole rings is 1. The summed E-state index contributed by atoms with van der Waals surface area (Å²) in [6.07, 6.45) is 3.43. The van der Waals surface area contributed by atoms with E-state index in [0.29, 0.717) is 5.69 Å². The highest BCUT2D eigenvalue weighted by Crippen LogP contribution is 2.11. The Kier molecular flexibility index (Phi) is 7.57. The number of carbonyl (C=O) groups excluding carboxylic acids is 3. The summed E-state index contributed by atoms with van der Waals surface area (Å²) in [7, 11) is 0. The van der Waals surface area contributed by atoms with Gasteiger partial charge in [0.15, 0.2) is 0 Å². The van der Waals surface area contributed by atoms with Crippen molar-refractivity contribution in [2.24, 2.45) is 17.2 Å². The van der Waals surface area contributed by atoms with E-state index in [-0.39, 0.29) is 36.2 Å². The number of primary amides is 1. The van der Waals surface area contributed by atoms with Crippen LogP contribution in [0.25, 0.3) is 0 Å². The third-order valence-electron chi connectivity index (χ3n) is 2.74. The number of nitrogens with zero attached hydrogens (tertiary/aromatic N) is 1. The Labute approximate surface area is 131 Å². The molecule has 122 valence electrons. The molecule has 1 rings (SSSR count). The smallest absolute Gasteiger partial charge is 0.235 e. The van der Waals surface area contributed by atoms with Gasteiger partial charge in [-0.05, 0) is 0 Å². The van der Waals surface area contributed by atoms with E-state index in [9.17, 15) is 14.4 Å². The summed E-state index contributed by atoms with van der Waals surface area (Å²) < 4.78 is 0. The predicted molar refractivity (Wildman–Crippen MR) is 82.5 cm³/mol. The van der Waals surface area contributed by atoms with Crippen LogP contribution in [0, 0.1) is 0 Å². The summed E-state index contributed by atoms with van der Waals surface area (Å²) in [6, 6.07) is -1.67. The standard InChI is InChI=1S/C12H20N6O3S/c13-2-1-10(19)18-9(3-7-4-16-6-17-7)12(21)22-5-8(14)11(15)20/h4,6,8-9H,1-3,5,13-14H2,(H2,15,20)(H,16,17)(H,18,19). The fourth-order valence-electron chi connectivity index (χ4n) is 1.56. The van der Waals surface area contributed by atoms with Gasteiger partial charge in [0.05, 0.1) is 12.4 Å². The molecule has 0 spiro atoms. The van der Waals surface area contributed by atoms with Crippen molar-refractivity contribution < 1.29 is 14.4 Å². The van der Waals surface area contributed by atoms with Gasteiger partial charge in [0.1, 0.15) is 6.04 Å². The molecule has 0 aliphatic carbocycles. The van der Waals surface area contributed by atoms with E-state index in [1.54, 1.807) is 6.20 Å². The van der Waals surface area contributed by atoms with Gasteiger partial charge in [-0.1, -0.05) is 11.8 Å². The number of nitrogens with two attached hydrogens (primary N) is 3. The number of rotatable bonds is 9. The van der Waals surface area contributed by atoms with E-state index in [4.69, 9.17) is 17.2 Å². The molecule has 1 aromatic heterocycles. The maximum absolute atomic E-state index is 12.2. The van der Waals surface area contributed by atoms with Crippen LogP contribution in [0.5, 0.6) is 0 Å². The minimum absolute atomic E-state index is 0.0560. The molecule has 0 aromatic carbocycles. The van der Waals surface area contributed by atoms with Crippen LogP contribution in [-0.2, 0) is 20.8 Å². The highest BCUT2D eigenvalue weighted by molar-refractivity contribution is 8.13. The number of carbonyl (C=O) groups is 3. The van der Waals surface area contributed by atoms with Gasteiger partial charge in [0, 0.05) is 37.0 Å². The number of thioether (sulfide) groups is 1. The Balaban J connectivity index is 2.64. The van der Waals surface area contributed by atoms with Gasteiger partial charge in [-0.15, -0.1) is 0 Å². The van der Waals surface area contributed by atoms with Gasteiger partial charge in [0.2, 0.25) is 16.9 Å². The number of H-pyrrole nitrogens is 1. The number of aromatic amines is 1. The summed E-state index contributed by atoms with van der Waals surface area (Å²) in [6.45, 7) is 0.191. The maximum atomic E-state index is 12.2. The molecule has 22 heavy (non-hydrogen) atoms. The Morgan fingerprint density at radius 1 is 1.41 bits per heavy atom. The van der Waals surface area contributed by atoms with Gasteiger partial charge in [-0.25, -0.2) is 4.98 Å². The van der Waals surface area contributed by atoms with Crippen LogP contribution in [0.1, 0.15) is 12.1 Å². The topological polar surface area (TPSA) is 170 Å². The molecule has 2 unspecified atom stereocenters. The van der Waals surface area contributed by atoms with Crippen molar-refractivity contribution in [3.63, 3.8) is 0 Å². The monoisotopic (exact) mass is 328 g/mol. The number of hydrogen-bond acceptors (Lipinski definition) is 7. The molecule has 0 saturated heterocycles. The molecular formula is C12H20N6O3S. The quantitative estimate of drug-likeness (QED) is 0.344. The normalized spacial score (nSPS) is 13.4. The molecule has 0 aliphatic heterocycles. The fourth-order valence-corrected chi connectivity index (χ4v) is 2.41. The molecule has 0 bridgehead atoms. The minimum atomic E-state index is -0.915. The molecule has 0 aliphatic rings. The minimum Gasteiger partial charge on any atom is -0.368 e. The lowest BCUT2D eigenvalue weighted by Crippen LogP contribution is -2.43. The molecule has 2 amide bonds. The Morgan fingerprint density at radius 3 is 2.68 bits per heavy atom. The molecule has 2 atom stereocenters. The van der Waals surface area contributed by atoms with Crippen LogP contribution in [0.4, 0.5) is 0 Å². The molecule has 8 N–H and O–H groups in total. The molecule has 1 heterocycles. The molecular weight excluding hydrogens is 308 g/mol. The SMILES string of the molecule is NCCC(=O)NC(Cc1cnc[nH]1)C(=O)SCC(N)C(N)=O. The van der Waals surface area contributed by atoms with Crippen molar-refractivity contribution in [2.45, 2.75) is 24.9 Å². The number of hydrogen-bond donors (Lipinski definition) is 5. The second kappa shape index (κ2) is 9.18. The predicted octanol–water partition coefficient (Wildman–Crippen LogP) is -2.14. The van der Waals surface area contributed by atoms with Crippen molar-refractivity contribution in [3.8, 4) is 0 Å². The summed E-state index contributed by atoms with van der Waals surface area (Å²) >= 11 is 0.858. The largest absolute Gasteiger partial charge is 0.368 e. The van der Waals surface area contributed by atoms with Crippen LogP contribution in [0.3, 0.4) is 0 Å². The zero-order valence-corrected chi connectivity index (χ0v) is 12.8. The second-order valence-corrected chi connectivity index (χ2v) is 5.60. The average molecular weight is 328 g/mol. The van der Waals surface area contributed by atoms with Gasteiger partial charge >= 0.3 is 0 Å². The lowest BCUT2D eigenvalue weighted by Gasteiger charge is -2.17. The molecule has 0 fully saturated rings. The van der Waals surface area contributed by atoms with Crippen molar-refractivity contribution in [1.82, 2.24) is 15.3 Å². The molecule has 9 nitrogen and oxygen atoms in total. The first-order valence-electron chi connectivity index (χ1n) is 6.62. The third-order valence-corrected chi connectivity index (χ3v) is 3.84. The molecule has 1 aromatic rings. The van der Waals surface area contributed by atoms with Crippen molar-refractivity contribution in [1.29, 1.82) is 0 Å². The third kappa shape index (κ3) is 6.24. The van der Waals surface area contributed by atoms with Gasteiger partial charge in [-0.2, -0.15) is 0 Å². The zero-order chi connectivity index (χ0) is 16.5. The zero-order valence-electron chi connectivity index (χ0n) is 12.0. The van der Waals surface area contributed by atoms with E-state index in [1.165, 1.54) is 6.33 Å². The molecule has 0 radical (unpaired) electrons. The Morgan fingerprint density at radius 2 is 2.14 bits per heavy atom. The second-order valence-electron chi connectivity index (χ2n) is 4.58. The van der Waals surface area contributed by atoms with Crippen molar-refractivity contribution in [2.75, 3.05) is 12.3 Å². The first-order chi connectivity index (χ1) is 10.4. The maximum Gasteiger partial charge on any atom is 0.235 e. The Hall–Kier alpha value is -1.91. The van der Waals surface area contributed by atoms with Gasteiger partial charge in [0.25, 0.3) is 0 Å². The van der Waals surface area contributed by atoms with E-state index < -0.39 is 18.0 Å². The highest BCUT2D eigenvalue weighted by Gasteiger charge is 2.23. The van der Waals surface area contributed by atoms with Crippen LogP contribution in [0.15, 0.2) is 12.5 Å². The van der Waals surface area contributed by atoms with Crippen LogP contribution < -0.4 is 22.5 Å². The summed E-state index contributed by atoms with van der Waals surface area (Å²) in [4.78, 5) is 41.5. The van der Waals surface area contributed by atoms with Crippen LogP contribution >= 0.6 is 11.8 Å². The number of aromatic nitrogens is 2. The highest BCUT2D eigenvalue weighted by atomic mass is 32.2. The average Bonchev–Trinajstić information content (AvgIpc) is 2.96. The van der Waals surface area contributed by atoms with Crippen LogP contribution in [0.2, 0.25) is 0 Å². The van der Waals surface area contributed by atoms with E-state index in [0.717, 1.165) is 11.8 Å². The summed E-state index contributed by atoms with van der Waals surface area (Å²) in [5.41, 5.74) is 16.5. The van der Waals surface area contributed by atoms with E-state index in [1.807, 2.05) is 0 Å². The van der Waals surface area contributed by atoms with Gasteiger partial charge < -0.3 is 27.5 Å². The van der Waals surface area contributed by atoms with E-state index in [2.05, 4.69) is 15.3 Å². The van der Waals surface area contributed by atoms with Gasteiger partial charge in [-0.3, -0.25) is 14.4 Å². The van der Waals surface area contributed by atoms with Crippen molar-refractivity contribution in [3.05, 3.63) is 18.2 Å². The lowest BCUT2D eigenvalue weighted by molar-refractivity contribution is -0.124. The Bertz CT molecular complexity index is 507. The lowest BCUT2D eigenvalue weighted by atomic mass is 10.2. The number of amides is 2. The molecule has 10 heteroatoms. The molecule has 0 saturated carbocycles. The van der Waals surface area contributed by atoms with Crippen LogP contribution in [-0.4, -0.2) is 51.3 Å². The fraction of sp³-hybridized carbons (Fsp3) is 0.500. The summed E-state index contributed by atoms with van der Waals surface area (Å²) in [5, 5.41) is 2.31. The first kappa shape index (κ1) is 18.1. The van der Waals surface area contributed by atoms with E-state index >= 15 is 0 Å². The number of nitrogens with one attached hydrogen (secondary N) is 2. The first-order valence-corrected chi connectivity index (χ1v) is 7.60.